The number of nitrogens with zero attached hydrogens (tertiary/aromatic N) is 2. The predicted octanol–water partition coefficient (Wildman–Crippen LogP) is 3.48. The molecule has 1 fully saturated rings. The molecule has 3 aromatic rings. The molecule has 0 bridgehead atoms. The van der Waals surface area contributed by atoms with Crippen molar-refractivity contribution in [3.05, 3.63) is 59.4 Å². The normalized spacial score (nSPS) is 16.4. The number of primary amides is 1. The molecule has 2 aromatic carbocycles. The second kappa shape index (κ2) is 7.73. The van der Waals surface area contributed by atoms with Crippen molar-refractivity contribution in [1.29, 1.82) is 0 Å². The molecular weight excluding hydrogens is 357 g/mol. The first-order valence-corrected chi connectivity index (χ1v) is 9.53. The van der Waals surface area contributed by atoms with Crippen LogP contribution in [0, 0.1) is 5.82 Å². The summed E-state index contributed by atoms with van der Waals surface area (Å²) >= 11 is 0. The number of halogens is 1. The molecule has 0 spiro atoms. The Labute approximate surface area is 163 Å². The highest BCUT2D eigenvalue weighted by Gasteiger charge is 2.16. The van der Waals surface area contributed by atoms with Gasteiger partial charge in [0.25, 0.3) is 5.91 Å². The number of benzene rings is 2. The van der Waals surface area contributed by atoms with Gasteiger partial charge in [-0.05, 0) is 50.3 Å². The minimum atomic E-state index is -0.705. The molecule has 28 heavy (non-hydrogen) atoms. The van der Waals surface area contributed by atoms with E-state index < -0.39 is 11.7 Å². The highest BCUT2D eigenvalue weighted by atomic mass is 19.1. The van der Waals surface area contributed by atoms with Gasteiger partial charge in [0.1, 0.15) is 17.2 Å². The van der Waals surface area contributed by atoms with Gasteiger partial charge < -0.3 is 15.1 Å². The lowest BCUT2D eigenvalue weighted by Gasteiger charge is -2.20. The molecule has 146 valence electrons. The van der Waals surface area contributed by atoms with Gasteiger partial charge in [0.2, 0.25) is 0 Å². The fourth-order valence-corrected chi connectivity index (χ4v) is 3.73. The van der Waals surface area contributed by atoms with Crippen molar-refractivity contribution in [2.24, 2.45) is 5.73 Å². The van der Waals surface area contributed by atoms with Gasteiger partial charge in [-0.15, -0.1) is 0 Å². The molecule has 0 atom stereocenters. The molecule has 1 aliphatic rings. The van der Waals surface area contributed by atoms with Crippen LogP contribution in [-0.4, -0.2) is 48.9 Å². The third kappa shape index (κ3) is 3.93. The first-order chi connectivity index (χ1) is 13.5. The van der Waals surface area contributed by atoms with Crippen molar-refractivity contribution in [2.75, 3.05) is 33.2 Å². The molecule has 1 saturated heterocycles. The van der Waals surface area contributed by atoms with Crippen molar-refractivity contribution in [1.82, 2.24) is 9.80 Å². The third-order valence-electron chi connectivity index (χ3n) is 5.30. The van der Waals surface area contributed by atoms with E-state index in [0.29, 0.717) is 16.7 Å². The van der Waals surface area contributed by atoms with E-state index in [9.17, 15) is 9.18 Å². The summed E-state index contributed by atoms with van der Waals surface area (Å²) in [6, 6.07) is 12.4. The number of likely N-dealkylation sites (N-methyl/N-ethyl adjacent to an activating group) is 1. The van der Waals surface area contributed by atoms with E-state index in [1.54, 1.807) is 6.07 Å². The number of hydrogen-bond acceptors (Lipinski definition) is 4. The van der Waals surface area contributed by atoms with Gasteiger partial charge in [-0.2, -0.15) is 0 Å². The molecule has 2 N–H and O–H groups in total. The Morgan fingerprint density at radius 3 is 2.64 bits per heavy atom. The molecule has 0 aliphatic carbocycles. The summed E-state index contributed by atoms with van der Waals surface area (Å²) in [5, 5.41) is 0.529. The molecule has 1 aliphatic heterocycles. The van der Waals surface area contributed by atoms with Crippen LogP contribution in [0.25, 0.3) is 22.3 Å². The third-order valence-corrected chi connectivity index (χ3v) is 5.30. The smallest absolute Gasteiger partial charge is 0.252 e. The average molecular weight is 381 g/mol. The molecular formula is C22H24FN3O2. The number of fused-ring (bicyclic) bond motifs is 1. The highest BCUT2D eigenvalue weighted by Crippen LogP contribution is 2.31. The Morgan fingerprint density at radius 1 is 1.11 bits per heavy atom. The number of carbonyl (C=O) groups excluding carboxylic acids is 1. The van der Waals surface area contributed by atoms with E-state index >= 15 is 0 Å². The van der Waals surface area contributed by atoms with Crippen LogP contribution in [0.3, 0.4) is 0 Å². The Morgan fingerprint density at radius 2 is 1.89 bits per heavy atom. The lowest BCUT2D eigenvalue weighted by molar-refractivity contribution is 0.100. The van der Waals surface area contributed by atoms with E-state index in [1.807, 2.05) is 12.1 Å². The molecule has 1 aromatic heterocycles. The summed E-state index contributed by atoms with van der Waals surface area (Å²) in [6.07, 6.45) is 1.19. The first-order valence-electron chi connectivity index (χ1n) is 9.53. The molecule has 2 heterocycles. The van der Waals surface area contributed by atoms with Crippen LogP contribution in [0.4, 0.5) is 4.39 Å². The van der Waals surface area contributed by atoms with E-state index in [4.69, 9.17) is 10.2 Å². The minimum Gasteiger partial charge on any atom is -0.455 e. The van der Waals surface area contributed by atoms with Gasteiger partial charge >= 0.3 is 0 Å². The molecule has 0 saturated carbocycles. The standard InChI is InChI=1S/C22H24FN3O2/c1-25-7-2-8-26(10-9-25)14-15-3-5-16(6-4-15)20-12-17-11-18(23)13-19(22(24)27)21(17)28-20/h3-6,11-13H,2,7-10,14H2,1H3,(H2,24,27). The zero-order chi connectivity index (χ0) is 19.7. The zero-order valence-electron chi connectivity index (χ0n) is 16.0. The number of rotatable bonds is 4. The van der Waals surface area contributed by atoms with Crippen LogP contribution in [-0.2, 0) is 6.54 Å². The summed E-state index contributed by atoms with van der Waals surface area (Å²) in [7, 11) is 2.17. The Hall–Kier alpha value is -2.70. The van der Waals surface area contributed by atoms with Gasteiger partial charge in [-0.1, -0.05) is 24.3 Å². The van der Waals surface area contributed by atoms with E-state index in [-0.39, 0.29) is 5.56 Å². The minimum absolute atomic E-state index is 0.0593. The van der Waals surface area contributed by atoms with Crippen LogP contribution >= 0.6 is 0 Å². The van der Waals surface area contributed by atoms with Crippen molar-refractivity contribution < 1.29 is 13.6 Å². The van der Waals surface area contributed by atoms with E-state index in [2.05, 4.69) is 29.0 Å². The maximum absolute atomic E-state index is 13.7. The zero-order valence-corrected chi connectivity index (χ0v) is 16.0. The molecule has 1 amide bonds. The van der Waals surface area contributed by atoms with Crippen molar-refractivity contribution in [2.45, 2.75) is 13.0 Å². The highest BCUT2D eigenvalue weighted by molar-refractivity contribution is 6.04. The van der Waals surface area contributed by atoms with Crippen LogP contribution in [0.5, 0.6) is 0 Å². The maximum Gasteiger partial charge on any atom is 0.252 e. The van der Waals surface area contributed by atoms with Crippen LogP contribution in [0.1, 0.15) is 22.3 Å². The largest absolute Gasteiger partial charge is 0.455 e. The van der Waals surface area contributed by atoms with Gasteiger partial charge in [0, 0.05) is 30.6 Å². The fourth-order valence-electron chi connectivity index (χ4n) is 3.73. The fraction of sp³-hybridized carbons (Fsp3) is 0.318. The number of hydrogen-bond donors (Lipinski definition) is 1. The SMILES string of the molecule is CN1CCCN(Cc2ccc(-c3cc4cc(F)cc(C(N)=O)c4o3)cc2)CC1. The first kappa shape index (κ1) is 18.7. The molecule has 5 nitrogen and oxygen atoms in total. The van der Waals surface area contributed by atoms with Gasteiger partial charge in [0.05, 0.1) is 5.56 Å². The predicted molar refractivity (Wildman–Crippen MR) is 108 cm³/mol. The lowest BCUT2D eigenvalue weighted by Crippen LogP contribution is -2.28. The van der Waals surface area contributed by atoms with Crippen molar-refractivity contribution in [3.8, 4) is 11.3 Å². The second-order valence-corrected chi connectivity index (χ2v) is 7.48. The summed E-state index contributed by atoms with van der Waals surface area (Å²) in [5.74, 6) is -0.623. The molecule has 4 rings (SSSR count). The average Bonchev–Trinajstić information content (AvgIpc) is 2.98. The van der Waals surface area contributed by atoms with Crippen LogP contribution in [0.2, 0.25) is 0 Å². The molecule has 0 radical (unpaired) electrons. The molecule has 6 heteroatoms. The van der Waals surface area contributed by atoms with Crippen molar-refractivity contribution in [3.63, 3.8) is 0 Å². The van der Waals surface area contributed by atoms with Crippen LogP contribution < -0.4 is 5.73 Å². The van der Waals surface area contributed by atoms with E-state index in [0.717, 1.165) is 44.4 Å². The van der Waals surface area contributed by atoms with Crippen molar-refractivity contribution >= 4 is 16.9 Å². The van der Waals surface area contributed by atoms with Gasteiger partial charge in [0.15, 0.2) is 0 Å². The number of nitrogens with two attached hydrogens (primary N) is 1. The maximum atomic E-state index is 13.7. The quantitative estimate of drug-likeness (QED) is 0.752. The number of amides is 1. The summed E-state index contributed by atoms with van der Waals surface area (Å²) in [6.45, 7) is 5.34. The van der Waals surface area contributed by atoms with Gasteiger partial charge in [-0.3, -0.25) is 9.69 Å². The number of carbonyl (C=O) groups is 1. The van der Waals surface area contributed by atoms with Gasteiger partial charge in [-0.25, -0.2) is 4.39 Å². The Bertz CT molecular complexity index is 997. The Kier molecular flexibility index (Phi) is 5.15. The summed E-state index contributed by atoms with van der Waals surface area (Å²) < 4.78 is 19.6. The summed E-state index contributed by atoms with van der Waals surface area (Å²) in [4.78, 5) is 16.4. The number of furan rings is 1. The monoisotopic (exact) mass is 381 g/mol. The van der Waals surface area contributed by atoms with E-state index in [1.165, 1.54) is 18.1 Å². The Balaban J connectivity index is 1.55. The second-order valence-electron chi connectivity index (χ2n) is 7.48. The topological polar surface area (TPSA) is 62.7 Å². The van der Waals surface area contributed by atoms with Crippen LogP contribution in [0.15, 0.2) is 46.9 Å². The molecule has 0 unspecified atom stereocenters. The summed E-state index contributed by atoms with van der Waals surface area (Å²) in [5.41, 5.74) is 7.86. The lowest BCUT2D eigenvalue weighted by atomic mass is 10.1.